The van der Waals surface area contributed by atoms with Crippen molar-refractivity contribution in [1.82, 2.24) is 0 Å². The monoisotopic (exact) mass is 472 g/mol. The lowest BCUT2D eigenvalue weighted by molar-refractivity contribution is -0.387. The fourth-order valence-electron chi connectivity index (χ4n) is 4.98. The average molecular weight is 473 g/mol. The highest BCUT2D eigenvalue weighted by molar-refractivity contribution is 8.00. The van der Waals surface area contributed by atoms with E-state index in [1.165, 1.54) is 36.0 Å². The van der Waals surface area contributed by atoms with E-state index in [-0.39, 0.29) is 50.7 Å². The molecule has 3 aromatic rings. The molecule has 0 unspecified atom stereocenters. The van der Waals surface area contributed by atoms with Crippen molar-refractivity contribution in [3.63, 3.8) is 0 Å². The Hall–Kier alpha value is -2.64. The molecule has 1 N–H and O–H groups in total. The summed E-state index contributed by atoms with van der Waals surface area (Å²) in [6, 6.07) is 17.6. The van der Waals surface area contributed by atoms with Gasteiger partial charge in [0, 0.05) is 17.2 Å². The Morgan fingerprint density at radius 1 is 1.03 bits per heavy atom. The second kappa shape index (κ2) is 8.37. The largest absolute Gasteiger partial charge is 0.375 e. The first kappa shape index (κ1) is 21.2. The van der Waals surface area contributed by atoms with Crippen LogP contribution in [0.3, 0.4) is 0 Å². The number of nitrogens with one attached hydrogen (secondary N) is 1. The standard InChI is InChI=1S/C24H19ClF2N2O2S/c25-22-20(32-19-7-2-1-6-18(19)29(30)31)12-16-21(22)15-4-3-5-17(27)24(15)28-23(16)13-8-10-14(26)11-9-13/h1-11,16,20-23,28H,12H2/t16-,20+,21-,22+,23-/m0/s1. The normalized spacial score (nSPS) is 26.2. The van der Waals surface area contributed by atoms with Gasteiger partial charge in [0.05, 0.1) is 26.9 Å². The van der Waals surface area contributed by atoms with Gasteiger partial charge in [-0.1, -0.05) is 36.4 Å². The fraction of sp³-hybridized carbons (Fsp3) is 0.250. The number of thioether (sulfide) groups is 1. The van der Waals surface area contributed by atoms with Crippen LogP contribution in [-0.4, -0.2) is 15.6 Å². The van der Waals surface area contributed by atoms with E-state index in [1.807, 2.05) is 6.07 Å². The average Bonchev–Trinajstić information content (AvgIpc) is 3.11. The maximum absolute atomic E-state index is 14.7. The predicted octanol–water partition coefficient (Wildman–Crippen LogP) is 6.91. The van der Waals surface area contributed by atoms with Gasteiger partial charge in [-0.25, -0.2) is 8.78 Å². The van der Waals surface area contributed by atoms with Crippen molar-refractivity contribution in [3.05, 3.63) is 99.6 Å². The van der Waals surface area contributed by atoms with Crippen LogP contribution in [0.4, 0.5) is 20.2 Å². The molecule has 0 spiro atoms. The molecule has 32 heavy (non-hydrogen) atoms. The van der Waals surface area contributed by atoms with E-state index in [4.69, 9.17) is 11.6 Å². The Morgan fingerprint density at radius 2 is 1.78 bits per heavy atom. The first-order chi connectivity index (χ1) is 15.4. The highest BCUT2D eigenvalue weighted by Gasteiger charge is 2.50. The number of rotatable bonds is 4. The lowest BCUT2D eigenvalue weighted by atomic mass is 9.77. The molecule has 1 fully saturated rings. The summed E-state index contributed by atoms with van der Waals surface area (Å²) in [7, 11) is 0. The van der Waals surface area contributed by atoms with Crippen molar-refractivity contribution in [1.29, 1.82) is 0 Å². The maximum atomic E-state index is 14.7. The molecular formula is C24H19ClF2N2O2S. The van der Waals surface area contributed by atoms with Crippen molar-refractivity contribution in [3.8, 4) is 0 Å². The van der Waals surface area contributed by atoms with Crippen molar-refractivity contribution >= 4 is 34.7 Å². The molecule has 8 heteroatoms. The number of halogens is 3. The summed E-state index contributed by atoms with van der Waals surface area (Å²) in [5.74, 6) is -0.803. The number of anilines is 1. The Kier molecular flexibility index (Phi) is 5.55. The summed E-state index contributed by atoms with van der Waals surface area (Å²) in [5.41, 5.74) is 2.15. The van der Waals surface area contributed by atoms with Crippen LogP contribution < -0.4 is 5.32 Å². The van der Waals surface area contributed by atoms with Gasteiger partial charge >= 0.3 is 0 Å². The number of hydrogen-bond donors (Lipinski definition) is 1. The molecule has 1 aliphatic carbocycles. The Morgan fingerprint density at radius 3 is 2.53 bits per heavy atom. The molecule has 5 rings (SSSR count). The highest BCUT2D eigenvalue weighted by Crippen LogP contribution is 2.58. The van der Waals surface area contributed by atoms with Crippen LogP contribution in [0.15, 0.2) is 71.6 Å². The molecule has 1 heterocycles. The Balaban J connectivity index is 1.54. The zero-order valence-corrected chi connectivity index (χ0v) is 18.3. The molecule has 0 radical (unpaired) electrons. The first-order valence-corrected chi connectivity index (χ1v) is 11.6. The summed E-state index contributed by atoms with van der Waals surface area (Å²) < 4.78 is 28.3. The number of nitrogens with zero attached hydrogens (tertiary/aromatic N) is 1. The maximum Gasteiger partial charge on any atom is 0.282 e. The van der Waals surface area contributed by atoms with Gasteiger partial charge in [0.2, 0.25) is 0 Å². The third-order valence-corrected chi connectivity index (χ3v) is 8.48. The number of nitro benzene ring substituents is 1. The summed E-state index contributed by atoms with van der Waals surface area (Å²) in [4.78, 5) is 11.7. The van der Waals surface area contributed by atoms with E-state index >= 15 is 0 Å². The van der Waals surface area contributed by atoms with Crippen LogP contribution in [-0.2, 0) is 0 Å². The minimum atomic E-state index is -0.388. The number of benzene rings is 3. The van der Waals surface area contributed by atoms with Crippen molar-refractivity contribution < 1.29 is 13.7 Å². The highest BCUT2D eigenvalue weighted by atomic mass is 35.5. The van der Waals surface area contributed by atoms with Gasteiger partial charge in [0.15, 0.2) is 0 Å². The van der Waals surface area contributed by atoms with E-state index in [9.17, 15) is 18.9 Å². The molecular weight excluding hydrogens is 454 g/mol. The van der Waals surface area contributed by atoms with Crippen LogP contribution in [0.5, 0.6) is 0 Å². The lowest BCUT2D eigenvalue weighted by Gasteiger charge is -2.38. The minimum Gasteiger partial charge on any atom is -0.375 e. The number of alkyl halides is 1. The number of nitro groups is 1. The van der Waals surface area contributed by atoms with Gasteiger partial charge in [-0.3, -0.25) is 10.1 Å². The quantitative estimate of drug-likeness (QED) is 0.254. The zero-order valence-electron chi connectivity index (χ0n) is 16.8. The molecule has 3 aromatic carbocycles. The predicted molar refractivity (Wildman–Crippen MR) is 122 cm³/mol. The van der Waals surface area contributed by atoms with Gasteiger partial charge < -0.3 is 5.32 Å². The Bertz CT molecular complexity index is 1180. The molecule has 2 aliphatic rings. The van der Waals surface area contributed by atoms with E-state index in [1.54, 1.807) is 36.4 Å². The molecule has 0 saturated heterocycles. The van der Waals surface area contributed by atoms with Crippen molar-refractivity contribution in [2.24, 2.45) is 5.92 Å². The van der Waals surface area contributed by atoms with E-state index < -0.39 is 0 Å². The fourth-order valence-corrected chi connectivity index (χ4v) is 6.92. The third-order valence-electron chi connectivity index (χ3n) is 6.37. The van der Waals surface area contributed by atoms with Crippen LogP contribution in [0.25, 0.3) is 0 Å². The summed E-state index contributed by atoms with van der Waals surface area (Å²) in [5, 5.41) is 14.3. The molecule has 1 saturated carbocycles. The van der Waals surface area contributed by atoms with Crippen molar-refractivity contribution in [2.75, 3.05) is 5.32 Å². The number of para-hydroxylation sites is 2. The van der Waals surface area contributed by atoms with E-state index in [2.05, 4.69) is 5.32 Å². The smallest absolute Gasteiger partial charge is 0.282 e. The summed E-state index contributed by atoms with van der Waals surface area (Å²) in [6.07, 6.45) is 0.681. The SMILES string of the molecule is O=[N+]([O-])c1ccccc1S[C@@H]1C[C@H]2[C@H](c3cccc(F)c3N[C@H]2c2ccc(F)cc2)[C@@H]1Cl. The molecule has 4 nitrogen and oxygen atoms in total. The van der Waals surface area contributed by atoms with Crippen LogP contribution in [0.1, 0.15) is 29.5 Å². The topological polar surface area (TPSA) is 55.2 Å². The van der Waals surface area contributed by atoms with E-state index in [0.717, 1.165) is 11.1 Å². The lowest BCUT2D eigenvalue weighted by Crippen LogP contribution is -2.31. The number of fused-ring (bicyclic) bond motifs is 3. The molecule has 1 aliphatic heterocycles. The van der Waals surface area contributed by atoms with Crippen LogP contribution >= 0.6 is 23.4 Å². The van der Waals surface area contributed by atoms with Gasteiger partial charge in [-0.2, -0.15) is 0 Å². The first-order valence-electron chi connectivity index (χ1n) is 10.3. The van der Waals surface area contributed by atoms with Gasteiger partial charge in [-0.05, 0) is 47.7 Å². The number of hydrogen-bond acceptors (Lipinski definition) is 4. The molecule has 5 atom stereocenters. The summed E-state index contributed by atoms with van der Waals surface area (Å²) >= 11 is 8.39. The van der Waals surface area contributed by atoms with Gasteiger partial charge in [0.25, 0.3) is 5.69 Å². The zero-order chi connectivity index (χ0) is 22.4. The van der Waals surface area contributed by atoms with Gasteiger partial charge in [0.1, 0.15) is 11.6 Å². The molecule has 164 valence electrons. The van der Waals surface area contributed by atoms with Crippen LogP contribution in [0, 0.1) is 27.7 Å². The summed E-state index contributed by atoms with van der Waals surface area (Å²) in [6.45, 7) is 0. The molecule has 0 aromatic heterocycles. The molecule has 0 amide bonds. The second-order valence-corrected chi connectivity index (χ2v) is 9.91. The van der Waals surface area contributed by atoms with Gasteiger partial charge in [-0.15, -0.1) is 23.4 Å². The minimum absolute atomic E-state index is 0.0255. The van der Waals surface area contributed by atoms with Crippen LogP contribution in [0.2, 0.25) is 0 Å². The third kappa shape index (κ3) is 3.63. The second-order valence-electron chi connectivity index (χ2n) is 8.13. The van der Waals surface area contributed by atoms with E-state index in [0.29, 0.717) is 17.0 Å². The Labute approximate surface area is 193 Å². The molecule has 0 bridgehead atoms. The van der Waals surface area contributed by atoms with Crippen molar-refractivity contribution in [2.45, 2.75) is 33.9 Å².